The van der Waals surface area contributed by atoms with Gasteiger partial charge in [0.1, 0.15) is 0 Å². The molecule has 1 aliphatic rings. The number of hydrogen-bond acceptors (Lipinski definition) is 6. The quantitative estimate of drug-likeness (QED) is 0.637. The van der Waals surface area contributed by atoms with Gasteiger partial charge in [-0.2, -0.15) is 4.98 Å². The second-order valence-electron chi connectivity index (χ2n) is 5.66. The average molecular weight is 392 g/mol. The van der Waals surface area contributed by atoms with Gasteiger partial charge in [0, 0.05) is 29.6 Å². The van der Waals surface area contributed by atoms with Crippen molar-refractivity contribution in [3.63, 3.8) is 0 Å². The van der Waals surface area contributed by atoms with Gasteiger partial charge in [0.05, 0.1) is 12.2 Å². The number of rotatable bonds is 1. The van der Waals surface area contributed by atoms with Gasteiger partial charge in [-0.15, -0.1) is 16.4 Å². The summed E-state index contributed by atoms with van der Waals surface area (Å²) < 4.78 is 2.67. The third kappa shape index (κ3) is 2.55. The molecule has 6 nitrogen and oxygen atoms in total. The number of anilines is 1. The number of hydrogen-bond donors (Lipinski definition) is 0. The minimum absolute atomic E-state index is 0.228. The van der Waals surface area contributed by atoms with E-state index in [1.807, 2.05) is 19.9 Å². The molecule has 23 heavy (non-hydrogen) atoms. The molecule has 0 atom stereocenters. The molecule has 8 heteroatoms. The van der Waals surface area contributed by atoms with E-state index in [4.69, 9.17) is 5.10 Å². The van der Waals surface area contributed by atoms with Crippen LogP contribution in [0.1, 0.15) is 21.8 Å². The summed E-state index contributed by atoms with van der Waals surface area (Å²) in [6.45, 7) is 5.57. The van der Waals surface area contributed by atoms with Crippen molar-refractivity contribution in [2.75, 3.05) is 11.4 Å². The van der Waals surface area contributed by atoms with E-state index >= 15 is 0 Å². The van der Waals surface area contributed by atoms with Crippen molar-refractivity contribution in [2.24, 2.45) is 0 Å². The lowest BCUT2D eigenvalue weighted by Crippen LogP contribution is -2.31. The van der Waals surface area contributed by atoms with Crippen molar-refractivity contribution in [2.45, 2.75) is 26.8 Å². The lowest BCUT2D eigenvalue weighted by Gasteiger charge is -2.28. The molecule has 3 aromatic heterocycles. The highest BCUT2D eigenvalue weighted by molar-refractivity contribution is 9.11. The van der Waals surface area contributed by atoms with E-state index in [0.717, 1.165) is 40.5 Å². The van der Waals surface area contributed by atoms with E-state index in [9.17, 15) is 4.79 Å². The summed E-state index contributed by atoms with van der Waals surface area (Å²) in [5, 5.41) is 4.73. The largest absolute Gasteiger partial charge is 0.349 e. The summed E-state index contributed by atoms with van der Waals surface area (Å²) in [6, 6.07) is 3.43. The molecule has 1 aliphatic heterocycles. The summed E-state index contributed by atoms with van der Waals surface area (Å²) in [5.41, 5.74) is 3.36. The zero-order valence-corrected chi connectivity index (χ0v) is 15.1. The summed E-state index contributed by atoms with van der Waals surface area (Å²) >= 11 is 5.14. The highest BCUT2D eigenvalue weighted by Crippen LogP contribution is 2.31. The van der Waals surface area contributed by atoms with Crippen LogP contribution in [-0.2, 0) is 13.0 Å². The molecule has 4 heterocycles. The van der Waals surface area contributed by atoms with E-state index in [-0.39, 0.29) is 5.56 Å². The highest BCUT2D eigenvalue weighted by Gasteiger charge is 2.23. The normalized spacial score (nSPS) is 14.3. The van der Waals surface area contributed by atoms with Crippen LogP contribution < -0.4 is 10.5 Å². The molecule has 0 bridgehead atoms. The van der Waals surface area contributed by atoms with Crippen molar-refractivity contribution < 1.29 is 0 Å². The van der Waals surface area contributed by atoms with Crippen molar-refractivity contribution >= 4 is 38.7 Å². The van der Waals surface area contributed by atoms with E-state index in [1.54, 1.807) is 15.9 Å². The predicted molar refractivity (Wildman–Crippen MR) is 93.3 cm³/mol. The Morgan fingerprint density at radius 1 is 1.26 bits per heavy atom. The topological polar surface area (TPSA) is 63.4 Å². The average Bonchev–Trinajstić information content (AvgIpc) is 2.85. The first-order valence-electron chi connectivity index (χ1n) is 7.28. The Morgan fingerprint density at radius 2 is 2.09 bits per heavy atom. The summed E-state index contributed by atoms with van der Waals surface area (Å²) in [6.07, 6.45) is 0.915. The molecule has 0 fully saturated rings. The van der Waals surface area contributed by atoms with Gasteiger partial charge >= 0.3 is 0 Å². The Morgan fingerprint density at radius 3 is 2.91 bits per heavy atom. The van der Waals surface area contributed by atoms with Crippen LogP contribution in [0.3, 0.4) is 0 Å². The van der Waals surface area contributed by atoms with Crippen LogP contribution in [-0.4, -0.2) is 26.1 Å². The molecule has 3 aromatic rings. The van der Waals surface area contributed by atoms with Gasteiger partial charge in [-0.05, 0) is 41.4 Å². The molecular formula is C15H14BrN5OS. The zero-order chi connectivity index (χ0) is 16.1. The second-order valence-corrected chi connectivity index (χ2v) is 8.02. The third-order valence-corrected chi connectivity index (χ3v) is 5.54. The Labute approximate surface area is 144 Å². The summed E-state index contributed by atoms with van der Waals surface area (Å²) in [5.74, 6) is 0.932. The fraction of sp³-hybridized carbons (Fsp3) is 0.333. The van der Waals surface area contributed by atoms with Crippen molar-refractivity contribution in [3.05, 3.63) is 48.2 Å². The molecule has 0 saturated heterocycles. The molecule has 0 aliphatic carbocycles. The third-order valence-electron chi connectivity index (χ3n) is 4.01. The second kappa shape index (κ2) is 5.38. The lowest BCUT2D eigenvalue weighted by molar-refractivity contribution is 0.697. The monoisotopic (exact) mass is 391 g/mol. The van der Waals surface area contributed by atoms with E-state index in [0.29, 0.717) is 5.65 Å². The van der Waals surface area contributed by atoms with Gasteiger partial charge in [-0.3, -0.25) is 4.79 Å². The van der Waals surface area contributed by atoms with Crippen LogP contribution in [0.25, 0.3) is 5.65 Å². The van der Waals surface area contributed by atoms with Crippen LogP contribution in [0.5, 0.6) is 0 Å². The maximum absolute atomic E-state index is 11.6. The van der Waals surface area contributed by atoms with Crippen LogP contribution in [0, 0.1) is 13.8 Å². The van der Waals surface area contributed by atoms with Crippen LogP contribution in [0.15, 0.2) is 20.8 Å². The van der Waals surface area contributed by atoms with Gasteiger partial charge in [0.25, 0.3) is 5.56 Å². The maximum Gasteiger partial charge on any atom is 0.273 e. The minimum atomic E-state index is -0.228. The van der Waals surface area contributed by atoms with Crippen LogP contribution >= 0.6 is 27.3 Å². The number of aromatic nitrogens is 4. The number of halogens is 1. The fourth-order valence-electron chi connectivity index (χ4n) is 2.93. The van der Waals surface area contributed by atoms with E-state index < -0.39 is 0 Å². The molecule has 4 rings (SSSR count). The van der Waals surface area contributed by atoms with Crippen molar-refractivity contribution in [3.8, 4) is 0 Å². The van der Waals surface area contributed by atoms with Crippen molar-refractivity contribution in [1.82, 2.24) is 19.6 Å². The molecule has 0 aromatic carbocycles. The molecule has 0 saturated carbocycles. The number of fused-ring (bicyclic) bond motifs is 2. The SMILES string of the molecule is Cc1cc2nc(=O)cc(C)n2nc1N1CCc2nc(Br)sc2C1. The Hall–Kier alpha value is -1.80. The first-order chi connectivity index (χ1) is 11.0. The van der Waals surface area contributed by atoms with Crippen LogP contribution in [0.4, 0.5) is 5.82 Å². The Balaban J connectivity index is 1.80. The lowest BCUT2D eigenvalue weighted by atomic mass is 10.1. The summed E-state index contributed by atoms with van der Waals surface area (Å²) in [4.78, 5) is 23.7. The number of nitrogens with zero attached hydrogens (tertiary/aromatic N) is 5. The molecule has 0 spiro atoms. The first kappa shape index (κ1) is 14.8. The minimum Gasteiger partial charge on any atom is -0.349 e. The van der Waals surface area contributed by atoms with Gasteiger partial charge in [-0.1, -0.05) is 0 Å². The zero-order valence-electron chi connectivity index (χ0n) is 12.7. The Kier molecular flexibility index (Phi) is 3.46. The van der Waals surface area contributed by atoms with E-state index in [2.05, 4.69) is 30.8 Å². The molecule has 0 N–H and O–H groups in total. The van der Waals surface area contributed by atoms with Crippen molar-refractivity contribution in [1.29, 1.82) is 0 Å². The fourth-order valence-corrected chi connectivity index (χ4v) is 4.57. The van der Waals surface area contributed by atoms with Gasteiger partial charge in [-0.25, -0.2) is 9.50 Å². The summed E-state index contributed by atoms with van der Waals surface area (Å²) in [7, 11) is 0. The van der Waals surface area contributed by atoms with Gasteiger partial charge < -0.3 is 4.90 Å². The number of thiazole rings is 1. The standard InChI is InChI=1S/C15H14BrN5OS/c1-8-5-12-18-13(22)6-9(2)21(12)19-14(8)20-4-3-10-11(7-20)23-15(16)17-10/h5-6H,3-4,7H2,1-2H3. The maximum atomic E-state index is 11.6. The van der Waals surface area contributed by atoms with Gasteiger partial charge in [0.2, 0.25) is 0 Å². The predicted octanol–water partition coefficient (Wildman–Crippen LogP) is 2.49. The van der Waals surface area contributed by atoms with E-state index in [1.165, 1.54) is 16.6 Å². The molecular weight excluding hydrogens is 378 g/mol. The van der Waals surface area contributed by atoms with Crippen LogP contribution in [0.2, 0.25) is 0 Å². The molecule has 0 radical (unpaired) electrons. The highest BCUT2D eigenvalue weighted by atomic mass is 79.9. The molecule has 0 unspecified atom stereocenters. The molecule has 118 valence electrons. The first-order valence-corrected chi connectivity index (χ1v) is 8.89. The van der Waals surface area contributed by atoms with Gasteiger partial charge in [0.15, 0.2) is 15.4 Å². The Bertz CT molecular complexity index is 980. The smallest absolute Gasteiger partial charge is 0.273 e. The molecule has 0 amide bonds. The number of aryl methyl sites for hydroxylation is 2.